The molecule has 0 aliphatic heterocycles. The van der Waals surface area contributed by atoms with Crippen LogP contribution in [0.15, 0.2) is 72.8 Å². The number of rotatable bonds is 12. The molecular weight excluding hydrogens is 450 g/mol. The summed E-state index contributed by atoms with van der Waals surface area (Å²) < 4.78 is 13.4. The molecule has 0 radical (unpaired) electrons. The van der Waals surface area contributed by atoms with Gasteiger partial charge in [-0.15, -0.1) is 0 Å². The number of carbonyl (C=O) groups excluding carboxylic acids is 1. The number of hydrogen-bond donors (Lipinski definition) is 1. The number of methoxy groups -OCH3 is 1. The summed E-state index contributed by atoms with van der Waals surface area (Å²) in [6.45, 7) is 6.44. The molecule has 4 rings (SSSR count). The quantitative estimate of drug-likeness (QED) is 0.250. The third-order valence-electron chi connectivity index (χ3n) is 6.31. The van der Waals surface area contributed by atoms with Crippen molar-refractivity contribution in [3.05, 3.63) is 89.7 Å². The lowest BCUT2D eigenvalue weighted by Crippen LogP contribution is -2.26. The van der Waals surface area contributed by atoms with Gasteiger partial charge in [-0.25, -0.2) is 4.98 Å². The Morgan fingerprint density at radius 1 is 0.944 bits per heavy atom. The maximum atomic E-state index is 12.5. The second-order valence-electron chi connectivity index (χ2n) is 9.18. The fraction of sp³-hybridized carbons (Fsp3) is 0.333. The molecule has 6 heteroatoms. The van der Waals surface area contributed by atoms with Crippen molar-refractivity contribution in [1.29, 1.82) is 0 Å². The number of unbranched alkanes of at least 4 members (excludes halogenated alkanes) is 1. The SMILES string of the molecule is COc1ccc(C(=O)NCCc2nc3ccccc3n2CCCCOc2ccc(C(C)C)cc2)cc1. The zero-order valence-electron chi connectivity index (χ0n) is 21.4. The van der Waals surface area contributed by atoms with Crippen LogP contribution in [0.3, 0.4) is 0 Å². The van der Waals surface area contributed by atoms with Gasteiger partial charge in [0.2, 0.25) is 0 Å². The highest BCUT2D eigenvalue weighted by atomic mass is 16.5. The number of fused-ring (bicyclic) bond motifs is 1. The van der Waals surface area contributed by atoms with E-state index >= 15 is 0 Å². The fourth-order valence-corrected chi connectivity index (χ4v) is 4.21. The van der Waals surface area contributed by atoms with Crippen LogP contribution in [-0.2, 0) is 13.0 Å². The minimum atomic E-state index is -0.0983. The van der Waals surface area contributed by atoms with Crippen molar-refractivity contribution < 1.29 is 14.3 Å². The van der Waals surface area contributed by atoms with Crippen molar-refractivity contribution in [3.8, 4) is 11.5 Å². The highest BCUT2D eigenvalue weighted by Crippen LogP contribution is 2.20. The lowest BCUT2D eigenvalue weighted by molar-refractivity contribution is 0.0954. The Kier molecular flexibility index (Phi) is 8.61. The standard InChI is InChI=1S/C30H35N3O3/c1-22(2)23-10-16-26(17-11-23)36-21-7-6-20-33-28-9-5-4-8-27(28)32-29(33)18-19-31-30(34)24-12-14-25(35-3)15-13-24/h4-5,8-17,22H,6-7,18-21H2,1-3H3,(H,31,34). The van der Waals surface area contributed by atoms with Gasteiger partial charge in [-0.2, -0.15) is 0 Å². The highest BCUT2D eigenvalue weighted by molar-refractivity contribution is 5.94. The van der Waals surface area contributed by atoms with E-state index in [0.717, 1.165) is 47.7 Å². The number of para-hydroxylation sites is 2. The van der Waals surface area contributed by atoms with Crippen molar-refractivity contribution in [2.75, 3.05) is 20.3 Å². The third-order valence-corrected chi connectivity index (χ3v) is 6.31. The number of nitrogens with zero attached hydrogens (tertiary/aromatic N) is 2. The maximum absolute atomic E-state index is 12.5. The smallest absolute Gasteiger partial charge is 0.251 e. The summed E-state index contributed by atoms with van der Waals surface area (Å²) in [5.41, 5.74) is 4.04. The second-order valence-corrected chi connectivity index (χ2v) is 9.18. The molecule has 0 bridgehead atoms. The van der Waals surface area contributed by atoms with Crippen molar-refractivity contribution in [3.63, 3.8) is 0 Å². The summed E-state index contributed by atoms with van der Waals surface area (Å²) in [4.78, 5) is 17.3. The van der Waals surface area contributed by atoms with Gasteiger partial charge in [-0.1, -0.05) is 38.1 Å². The predicted molar refractivity (Wildman–Crippen MR) is 144 cm³/mol. The first-order valence-corrected chi connectivity index (χ1v) is 12.6. The molecule has 0 atom stereocenters. The van der Waals surface area contributed by atoms with E-state index in [2.05, 4.69) is 54.1 Å². The van der Waals surface area contributed by atoms with E-state index in [4.69, 9.17) is 14.5 Å². The zero-order chi connectivity index (χ0) is 25.3. The molecule has 1 N–H and O–H groups in total. The number of aryl methyl sites for hydroxylation is 1. The Morgan fingerprint density at radius 2 is 1.67 bits per heavy atom. The van der Waals surface area contributed by atoms with Crippen molar-refractivity contribution in [1.82, 2.24) is 14.9 Å². The molecule has 4 aromatic rings. The second kappa shape index (κ2) is 12.2. The molecule has 1 heterocycles. The predicted octanol–water partition coefficient (Wildman–Crippen LogP) is 6.00. The van der Waals surface area contributed by atoms with Crippen molar-refractivity contribution in [2.45, 2.75) is 45.6 Å². The van der Waals surface area contributed by atoms with Crippen LogP contribution in [0, 0.1) is 0 Å². The number of ether oxygens (including phenoxy) is 2. The van der Waals surface area contributed by atoms with Crippen LogP contribution in [0.5, 0.6) is 11.5 Å². The van der Waals surface area contributed by atoms with Gasteiger partial charge < -0.3 is 19.4 Å². The van der Waals surface area contributed by atoms with E-state index in [9.17, 15) is 4.79 Å². The van der Waals surface area contributed by atoms with E-state index in [-0.39, 0.29) is 5.91 Å². The normalized spacial score (nSPS) is 11.1. The molecule has 0 unspecified atom stereocenters. The summed E-state index contributed by atoms with van der Waals surface area (Å²) in [5.74, 6) is 3.06. The molecule has 6 nitrogen and oxygen atoms in total. The summed E-state index contributed by atoms with van der Waals surface area (Å²) in [6.07, 6.45) is 2.59. The van der Waals surface area contributed by atoms with Gasteiger partial charge in [0, 0.05) is 25.1 Å². The topological polar surface area (TPSA) is 65.4 Å². The van der Waals surface area contributed by atoms with Crippen LogP contribution in [-0.4, -0.2) is 35.7 Å². The molecule has 3 aromatic carbocycles. The summed E-state index contributed by atoms with van der Waals surface area (Å²) in [5, 5.41) is 3.01. The molecule has 0 aliphatic carbocycles. The van der Waals surface area contributed by atoms with Gasteiger partial charge >= 0.3 is 0 Å². The molecular formula is C30H35N3O3. The molecule has 1 aromatic heterocycles. The summed E-state index contributed by atoms with van der Waals surface area (Å²) in [7, 11) is 1.61. The van der Waals surface area contributed by atoms with Gasteiger partial charge in [0.25, 0.3) is 5.91 Å². The fourth-order valence-electron chi connectivity index (χ4n) is 4.21. The van der Waals surface area contributed by atoms with Gasteiger partial charge in [-0.3, -0.25) is 4.79 Å². The van der Waals surface area contributed by atoms with Crippen molar-refractivity contribution >= 4 is 16.9 Å². The lowest BCUT2D eigenvalue weighted by atomic mass is 10.0. The monoisotopic (exact) mass is 485 g/mol. The summed E-state index contributed by atoms with van der Waals surface area (Å²) in [6, 6.07) is 23.7. The minimum Gasteiger partial charge on any atom is -0.497 e. The van der Waals surface area contributed by atoms with Crippen LogP contribution in [0.25, 0.3) is 11.0 Å². The average Bonchev–Trinajstić information content (AvgIpc) is 3.26. The first-order valence-electron chi connectivity index (χ1n) is 12.6. The molecule has 36 heavy (non-hydrogen) atoms. The molecule has 0 saturated heterocycles. The Hall–Kier alpha value is -3.80. The van der Waals surface area contributed by atoms with Gasteiger partial charge in [-0.05, 0) is 72.9 Å². The average molecular weight is 486 g/mol. The molecule has 0 saturated carbocycles. The van der Waals surface area contributed by atoms with E-state index in [1.807, 2.05) is 18.2 Å². The molecule has 188 valence electrons. The molecule has 0 spiro atoms. The van der Waals surface area contributed by atoms with Gasteiger partial charge in [0.15, 0.2) is 0 Å². The van der Waals surface area contributed by atoms with E-state index in [0.29, 0.717) is 31.1 Å². The van der Waals surface area contributed by atoms with E-state index < -0.39 is 0 Å². The maximum Gasteiger partial charge on any atom is 0.251 e. The van der Waals surface area contributed by atoms with Crippen LogP contribution >= 0.6 is 0 Å². The number of hydrogen-bond acceptors (Lipinski definition) is 4. The third kappa shape index (κ3) is 6.45. The highest BCUT2D eigenvalue weighted by Gasteiger charge is 2.12. The first kappa shape index (κ1) is 25.3. The molecule has 0 aliphatic rings. The largest absolute Gasteiger partial charge is 0.497 e. The lowest BCUT2D eigenvalue weighted by Gasteiger charge is -2.11. The van der Waals surface area contributed by atoms with E-state index in [1.54, 1.807) is 31.4 Å². The Bertz CT molecular complexity index is 1260. The number of imidazole rings is 1. The minimum absolute atomic E-state index is 0.0983. The molecule has 0 fully saturated rings. The number of benzene rings is 3. The van der Waals surface area contributed by atoms with Crippen LogP contribution in [0.1, 0.15) is 54.4 Å². The van der Waals surface area contributed by atoms with E-state index in [1.165, 1.54) is 5.56 Å². The van der Waals surface area contributed by atoms with Crippen molar-refractivity contribution in [2.24, 2.45) is 0 Å². The van der Waals surface area contributed by atoms with Crippen LogP contribution < -0.4 is 14.8 Å². The number of nitrogens with one attached hydrogen (secondary N) is 1. The van der Waals surface area contributed by atoms with Gasteiger partial charge in [0.05, 0.1) is 24.8 Å². The zero-order valence-corrected chi connectivity index (χ0v) is 21.4. The number of aromatic nitrogens is 2. The first-order chi connectivity index (χ1) is 17.5. The Balaban J connectivity index is 1.30. The van der Waals surface area contributed by atoms with Gasteiger partial charge in [0.1, 0.15) is 17.3 Å². The Labute approximate surface area is 213 Å². The number of amides is 1. The summed E-state index contributed by atoms with van der Waals surface area (Å²) >= 11 is 0. The molecule has 1 amide bonds. The van der Waals surface area contributed by atoms with Crippen LogP contribution in [0.4, 0.5) is 0 Å². The Morgan fingerprint density at radius 3 is 2.39 bits per heavy atom. The van der Waals surface area contributed by atoms with Crippen LogP contribution in [0.2, 0.25) is 0 Å². The number of carbonyl (C=O) groups is 1.